The van der Waals surface area contributed by atoms with Crippen LogP contribution < -0.4 is 0 Å². The second kappa shape index (κ2) is 10.3. The molecule has 0 radical (unpaired) electrons. The summed E-state index contributed by atoms with van der Waals surface area (Å²) >= 11 is 0. The lowest BCUT2D eigenvalue weighted by Crippen LogP contribution is -1.89. The van der Waals surface area contributed by atoms with E-state index in [9.17, 15) is 0 Å². The molecule has 0 rings (SSSR count). The summed E-state index contributed by atoms with van der Waals surface area (Å²) in [6.07, 6.45) is 8.64. The second-order valence-electron chi connectivity index (χ2n) is 3.31. The third kappa shape index (κ3) is 7.85. The molecule has 0 aliphatic heterocycles. The van der Waals surface area contributed by atoms with Crippen molar-refractivity contribution in [1.82, 2.24) is 0 Å². The van der Waals surface area contributed by atoms with Gasteiger partial charge in [-0.05, 0) is 32.3 Å². The molecule has 82 valence electrons. The second-order valence-corrected chi connectivity index (χ2v) is 3.31. The zero-order valence-electron chi connectivity index (χ0n) is 10.9. The Morgan fingerprint density at radius 2 is 1.43 bits per heavy atom. The summed E-state index contributed by atoms with van der Waals surface area (Å²) in [5.41, 5.74) is 2.71. The Hall–Kier alpha value is -0.780. The summed E-state index contributed by atoms with van der Waals surface area (Å²) in [7, 11) is 0. The quantitative estimate of drug-likeness (QED) is 0.546. The lowest BCUT2D eigenvalue weighted by atomic mass is 10.0. The molecule has 0 saturated heterocycles. The zero-order valence-corrected chi connectivity index (χ0v) is 10.9. The number of allylic oxidation sites excluding steroid dienone is 6. The van der Waals surface area contributed by atoms with Crippen LogP contribution in [0.5, 0.6) is 0 Å². The highest BCUT2D eigenvalue weighted by Gasteiger charge is 1.95. The monoisotopic (exact) mass is 194 g/mol. The highest BCUT2D eigenvalue weighted by atomic mass is 14.0. The van der Waals surface area contributed by atoms with Crippen LogP contribution in [0, 0.1) is 5.92 Å². The summed E-state index contributed by atoms with van der Waals surface area (Å²) in [6, 6.07) is 0. The summed E-state index contributed by atoms with van der Waals surface area (Å²) in [6.45, 7) is 14.7. The number of hydrogen-bond donors (Lipinski definition) is 0. The topological polar surface area (TPSA) is 0 Å². The molecule has 0 aromatic heterocycles. The van der Waals surface area contributed by atoms with Crippen molar-refractivity contribution in [3.63, 3.8) is 0 Å². The molecule has 0 heterocycles. The lowest BCUT2D eigenvalue weighted by Gasteiger charge is -2.04. The Morgan fingerprint density at radius 3 is 1.71 bits per heavy atom. The lowest BCUT2D eigenvalue weighted by molar-refractivity contribution is 0.789. The van der Waals surface area contributed by atoms with E-state index in [1.807, 2.05) is 13.8 Å². The van der Waals surface area contributed by atoms with Crippen molar-refractivity contribution < 1.29 is 0 Å². The molecule has 14 heavy (non-hydrogen) atoms. The van der Waals surface area contributed by atoms with Gasteiger partial charge in [-0.3, -0.25) is 0 Å². The van der Waals surface area contributed by atoms with Crippen molar-refractivity contribution in [2.75, 3.05) is 0 Å². The van der Waals surface area contributed by atoms with Gasteiger partial charge in [0.1, 0.15) is 0 Å². The molecule has 0 saturated carbocycles. The molecule has 0 nitrogen and oxygen atoms in total. The van der Waals surface area contributed by atoms with Gasteiger partial charge in [-0.1, -0.05) is 57.6 Å². The molecular formula is C14H26. The van der Waals surface area contributed by atoms with E-state index in [0.29, 0.717) is 5.92 Å². The van der Waals surface area contributed by atoms with Crippen molar-refractivity contribution in [3.8, 4) is 0 Å². The van der Waals surface area contributed by atoms with Gasteiger partial charge in [0.2, 0.25) is 0 Å². The van der Waals surface area contributed by atoms with Crippen molar-refractivity contribution in [3.05, 3.63) is 35.5 Å². The maximum atomic E-state index is 2.21. The van der Waals surface area contributed by atoms with E-state index in [-0.39, 0.29) is 0 Å². The van der Waals surface area contributed by atoms with Gasteiger partial charge in [-0.2, -0.15) is 0 Å². The van der Waals surface area contributed by atoms with Crippen LogP contribution in [0.15, 0.2) is 35.5 Å². The zero-order chi connectivity index (χ0) is 11.6. The molecule has 0 aliphatic carbocycles. The summed E-state index contributed by atoms with van der Waals surface area (Å²) in [4.78, 5) is 0. The maximum absolute atomic E-state index is 2.21. The standard InChI is InChI=1S/C12H20.C2H6/c1-6-11(5)8-9-12(7-2)10(3)4;1-2/h6-10H,1-5H3;1-2H3/b9-8-,11-6-,12-7+;. The van der Waals surface area contributed by atoms with Gasteiger partial charge in [0.15, 0.2) is 0 Å². The van der Waals surface area contributed by atoms with Gasteiger partial charge in [0.25, 0.3) is 0 Å². The molecule has 0 bridgehead atoms. The van der Waals surface area contributed by atoms with Crippen molar-refractivity contribution in [2.45, 2.75) is 48.5 Å². The number of hydrogen-bond acceptors (Lipinski definition) is 0. The smallest absolute Gasteiger partial charge is 0.0222 e. The van der Waals surface area contributed by atoms with E-state index in [0.717, 1.165) is 0 Å². The van der Waals surface area contributed by atoms with Crippen molar-refractivity contribution >= 4 is 0 Å². The average Bonchev–Trinajstić information content (AvgIpc) is 2.21. The van der Waals surface area contributed by atoms with Crippen molar-refractivity contribution in [1.29, 1.82) is 0 Å². The van der Waals surface area contributed by atoms with Crippen LogP contribution in [0.3, 0.4) is 0 Å². The highest BCUT2D eigenvalue weighted by molar-refractivity contribution is 5.27. The molecular weight excluding hydrogens is 168 g/mol. The first-order valence-electron chi connectivity index (χ1n) is 5.59. The Bertz CT molecular complexity index is 202. The first-order valence-corrected chi connectivity index (χ1v) is 5.59. The third-order valence-corrected chi connectivity index (χ3v) is 1.99. The Morgan fingerprint density at radius 1 is 0.929 bits per heavy atom. The normalized spacial score (nSPS) is 13.1. The predicted molar refractivity (Wildman–Crippen MR) is 68.5 cm³/mol. The third-order valence-electron chi connectivity index (χ3n) is 1.99. The minimum absolute atomic E-state index is 0.621. The summed E-state index contributed by atoms with van der Waals surface area (Å²) < 4.78 is 0. The summed E-state index contributed by atoms with van der Waals surface area (Å²) in [5.74, 6) is 0.621. The van der Waals surface area contributed by atoms with Crippen LogP contribution >= 0.6 is 0 Å². The predicted octanol–water partition coefficient (Wildman–Crippen LogP) is 5.14. The van der Waals surface area contributed by atoms with Gasteiger partial charge in [-0.15, -0.1) is 0 Å². The van der Waals surface area contributed by atoms with Crippen LogP contribution in [0.4, 0.5) is 0 Å². The van der Waals surface area contributed by atoms with Crippen molar-refractivity contribution in [2.24, 2.45) is 5.92 Å². The summed E-state index contributed by atoms with van der Waals surface area (Å²) in [5, 5.41) is 0. The minimum atomic E-state index is 0.621. The van der Waals surface area contributed by atoms with E-state index in [4.69, 9.17) is 0 Å². The van der Waals surface area contributed by atoms with E-state index >= 15 is 0 Å². The number of rotatable bonds is 3. The van der Waals surface area contributed by atoms with E-state index < -0.39 is 0 Å². The van der Waals surface area contributed by atoms with E-state index in [1.165, 1.54) is 11.1 Å². The molecule has 0 unspecified atom stereocenters. The fourth-order valence-corrected chi connectivity index (χ4v) is 0.946. The van der Waals surface area contributed by atoms with Crippen LogP contribution in [-0.2, 0) is 0 Å². The molecule has 0 amide bonds. The van der Waals surface area contributed by atoms with E-state index in [1.54, 1.807) is 0 Å². The fraction of sp³-hybridized carbons (Fsp3) is 0.571. The molecule has 0 fully saturated rings. The Labute approximate surface area is 90.4 Å². The van der Waals surface area contributed by atoms with Crippen LogP contribution in [0.2, 0.25) is 0 Å². The first-order chi connectivity index (χ1) is 6.61. The molecule has 0 aromatic carbocycles. The average molecular weight is 194 g/mol. The largest absolute Gasteiger partial charge is 0.0847 e. The molecule has 0 spiro atoms. The van der Waals surface area contributed by atoms with Crippen LogP contribution in [0.1, 0.15) is 48.5 Å². The SMILES string of the molecule is CC.C\C=C(C)/C=C\C(=C/C)C(C)C. The fourth-order valence-electron chi connectivity index (χ4n) is 0.946. The van der Waals surface area contributed by atoms with Gasteiger partial charge in [0, 0.05) is 0 Å². The molecule has 0 atom stereocenters. The van der Waals surface area contributed by atoms with Gasteiger partial charge in [0.05, 0.1) is 0 Å². The highest BCUT2D eigenvalue weighted by Crippen LogP contribution is 2.11. The van der Waals surface area contributed by atoms with Crippen LogP contribution in [-0.4, -0.2) is 0 Å². The Balaban J connectivity index is 0. The first kappa shape index (κ1) is 15.7. The molecule has 0 heteroatoms. The Kier molecular flexibility index (Phi) is 11.5. The molecule has 0 aromatic rings. The maximum Gasteiger partial charge on any atom is -0.0222 e. The van der Waals surface area contributed by atoms with Gasteiger partial charge >= 0.3 is 0 Å². The molecule has 0 aliphatic rings. The van der Waals surface area contributed by atoms with Crippen LogP contribution in [0.25, 0.3) is 0 Å². The molecule has 0 N–H and O–H groups in total. The minimum Gasteiger partial charge on any atom is -0.0847 e. The van der Waals surface area contributed by atoms with Gasteiger partial charge in [-0.25, -0.2) is 0 Å². The van der Waals surface area contributed by atoms with E-state index in [2.05, 4.69) is 58.9 Å². The van der Waals surface area contributed by atoms with Gasteiger partial charge < -0.3 is 0 Å².